The molecule has 0 aliphatic carbocycles. The molecule has 2 heterocycles. The van der Waals surface area contributed by atoms with Gasteiger partial charge in [-0.05, 0) is 4.57 Å². The summed E-state index contributed by atoms with van der Waals surface area (Å²) >= 11 is 3.67. The predicted molar refractivity (Wildman–Crippen MR) is 87.9 cm³/mol. The lowest BCUT2D eigenvalue weighted by molar-refractivity contribution is -0.220. The first kappa shape index (κ1) is 21.4. The normalized spacial score (nSPS) is 28.7. The van der Waals surface area contributed by atoms with Crippen LogP contribution in [0, 0.1) is 0 Å². The van der Waals surface area contributed by atoms with E-state index in [0.29, 0.717) is 0 Å². The third-order valence-electron chi connectivity index (χ3n) is 3.55. The molecular weight excluding hydrogens is 414 g/mol. The van der Waals surface area contributed by atoms with Crippen molar-refractivity contribution in [3.63, 3.8) is 0 Å². The number of nitrogens with zero attached hydrogens (tertiary/aromatic N) is 1. The van der Waals surface area contributed by atoms with Gasteiger partial charge in [0.1, 0.15) is 18.4 Å². The molecule has 0 spiro atoms. The lowest BCUT2D eigenvalue weighted by atomic mass is 10.1. The summed E-state index contributed by atoms with van der Waals surface area (Å²) < 4.78 is 43.5. The molecule has 1 saturated heterocycles. The van der Waals surface area contributed by atoms with Gasteiger partial charge in [-0.1, -0.05) is 0 Å². The number of nitrogens with one attached hydrogen (secondary N) is 1. The highest BCUT2D eigenvalue weighted by Gasteiger charge is 2.50. The Labute approximate surface area is 152 Å². The number of phosphoric acid groups is 1. The molecule has 2 N–H and O–H groups in total. The summed E-state index contributed by atoms with van der Waals surface area (Å²) in [7, 11) is -6.00. The molecule has 1 aromatic heterocycles. The largest absolute Gasteiger partial charge is 0.756 e. The van der Waals surface area contributed by atoms with E-state index in [9.17, 15) is 23.6 Å². The molecule has 0 aromatic carbocycles. The summed E-state index contributed by atoms with van der Waals surface area (Å²) in [5.74, 6) is 0. The molecule has 1 aromatic rings. The minimum Gasteiger partial charge on any atom is -0.756 e. The number of H-pyrrole nitrogens is 1. The van der Waals surface area contributed by atoms with Crippen molar-refractivity contribution in [3.05, 3.63) is 33.1 Å². The molecule has 1 aliphatic heterocycles. The number of hydrogen-bond acceptors (Lipinski definition) is 9. The Balaban J connectivity index is 2.26. The number of aromatic amines is 1. The minimum atomic E-state index is -4.92. The van der Waals surface area contributed by atoms with E-state index in [2.05, 4.69) is 21.8 Å². The van der Waals surface area contributed by atoms with E-state index in [4.69, 9.17) is 18.9 Å². The minimum absolute atomic E-state index is 0.0944. The molecule has 6 atom stereocenters. The SMILES string of the molecule is CO[C@@H]1[C@H](O[P+](=O)S)[C@@H](CCOP(=O)([O-])O)O[C@H]1n1ccc(=O)[nH]c1=O. The van der Waals surface area contributed by atoms with E-state index < -0.39 is 57.4 Å². The Morgan fingerprint density at radius 3 is 2.73 bits per heavy atom. The molecule has 0 bridgehead atoms. The smallest absolute Gasteiger partial charge is 0.582 e. The van der Waals surface area contributed by atoms with E-state index in [0.717, 1.165) is 10.6 Å². The van der Waals surface area contributed by atoms with Gasteiger partial charge in [-0.15, -0.1) is 4.52 Å². The Morgan fingerprint density at radius 1 is 1.50 bits per heavy atom. The predicted octanol–water partition coefficient (Wildman–Crippen LogP) is -0.711. The highest BCUT2D eigenvalue weighted by atomic mass is 32.7. The second kappa shape index (κ2) is 8.87. The van der Waals surface area contributed by atoms with Crippen LogP contribution in [0.25, 0.3) is 0 Å². The van der Waals surface area contributed by atoms with E-state index in [1.807, 2.05) is 0 Å². The van der Waals surface area contributed by atoms with Crippen LogP contribution < -0.4 is 16.1 Å². The summed E-state index contributed by atoms with van der Waals surface area (Å²) in [5.41, 5.74) is -1.38. The maximum absolute atomic E-state index is 12.0. The van der Waals surface area contributed by atoms with Crippen molar-refractivity contribution in [2.45, 2.75) is 31.0 Å². The third-order valence-corrected chi connectivity index (χ3v) is 4.77. The number of ether oxygens (including phenoxy) is 2. The standard InChI is InChI=1S/C11H16N2O10P2S/c1-20-9-8(23-24(16)26)6(3-5-21-25(17,18)19)22-10(9)13-4-2-7(14)12-11(13)15/h2,4,6,8-10H,3,5H2,1H3,(H3-,12,14,15,16,17,18,19,26)/t6-,8-,9-,10-/m1/s1. The van der Waals surface area contributed by atoms with Crippen molar-refractivity contribution in [1.29, 1.82) is 0 Å². The van der Waals surface area contributed by atoms with Gasteiger partial charge in [0.05, 0.1) is 12.7 Å². The summed E-state index contributed by atoms with van der Waals surface area (Å²) in [6.45, 7) is -0.450. The van der Waals surface area contributed by atoms with Gasteiger partial charge in [-0.3, -0.25) is 18.9 Å². The van der Waals surface area contributed by atoms with Gasteiger partial charge < -0.3 is 23.8 Å². The lowest BCUT2D eigenvalue weighted by Crippen LogP contribution is -2.39. The van der Waals surface area contributed by atoms with Crippen LogP contribution in [0.5, 0.6) is 0 Å². The van der Waals surface area contributed by atoms with Gasteiger partial charge in [0.15, 0.2) is 12.3 Å². The van der Waals surface area contributed by atoms with Gasteiger partial charge in [0.2, 0.25) is 0 Å². The number of methoxy groups -OCH3 is 1. The lowest BCUT2D eigenvalue weighted by Gasteiger charge is -2.20. The molecule has 1 fully saturated rings. The molecule has 2 rings (SSSR count). The van der Waals surface area contributed by atoms with Gasteiger partial charge >= 0.3 is 12.9 Å². The first-order chi connectivity index (χ1) is 12.1. The average molecular weight is 430 g/mol. The zero-order chi connectivity index (χ0) is 19.5. The second-order valence-electron chi connectivity index (χ2n) is 5.18. The van der Waals surface area contributed by atoms with Crippen LogP contribution in [0.4, 0.5) is 0 Å². The maximum Gasteiger partial charge on any atom is 0.582 e. The molecular formula is C11H16N2O10P2S. The fourth-order valence-electron chi connectivity index (χ4n) is 2.56. The monoisotopic (exact) mass is 430 g/mol. The number of aromatic nitrogens is 2. The molecule has 15 heteroatoms. The number of phosphoric ester groups is 1. The average Bonchev–Trinajstić information content (AvgIpc) is 2.83. The van der Waals surface area contributed by atoms with Crippen molar-refractivity contribution in [3.8, 4) is 0 Å². The highest BCUT2D eigenvalue weighted by Crippen LogP contribution is 2.41. The summed E-state index contributed by atoms with van der Waals surface area (Å²) in [6.07, 6.45) is -2.78. The van der Waals surface area contributed by atoms with Crippen molar-refractivity contribution < 1.29 is 37.4 Å². The molecule has 0 saturated carbocycles. The fourth-order valence-corrected chi connectivity index (χ4v) is 3.69. The van der Waals surface area contributed by atoms with E-state index in [1.54, 1.807) is 0 Å². The summed E-state index contributed by atoms with van der Waals surface area (Å²) in [5, 5.41) is 0. The van der Waals surface area contributed by atoms with E-state index >= 15 is 0 Å². The van der Waals surface area contributed by atoms with Gasteiger partial charge in [0.25, 0.3) is 13.4 Å². The highest BCUT2D eigenvalue weighted by molar-refractivity contribution is 8.39. The zero-order valence-corrected chi connectivity index (χ0v) is 16.0. The first-order valence-corrected chi connectivity index (χ1v) is 11.0. The molecule has 26 heavy (non-hydrogen) atoms. The molecule has 146 valence electrons. The van der Waals surface area contributed by atoms with Gasteiger partial charge in [0, 0.05) is 25.8 Å². The second-order valence-corrected chi connectivity index (χ2v) is 8.04. The van der Waals surface area contributed by atoms with Crippen LogP contribution in [-0.2, 0) is 27.7 Å². The van der Waals surface area contributed by atoms with Crippen molar-refractivity contribution >= 4 is 27.3 Å². The third kappa shape index (κ3) is 5.56. The van der Waals surface area contributed by atoms with Crippen LogP contribution in [-0.4, -0.2) is 46.5 Å². The van der Waals surface area contributed by atoms with Crippen LogP contribution in [0.3, 0.4) is 0 Å². The Hall–Kier alpha value is -0.880. The molecule has 2 unspecified atom stereocenters. The number of hydrogen-bond donors (Lipinski definition) is 3. The maximum atomic E-state index is 12.0. The number of rotatable bonds is 8. The molecule has 0 radical (unpaired) electrons. The Kier molecular flexibility index (Phi) is 7.31. The van der Waals surface area contributed by atoms with E-state index in [-0.39, 0.29) is 6.42 Å². The Morgan fingerprint density at radius 2 is 2.19 bits per heavy atom. The van der Waals surface area contributed by atoms with Crippen molar-refractivity contribution in [2.24, 2.45) is 0 Å². The zero-order valence-electron chi connectivity index (χ0n) is 13.3. The fraction of sp³-hybridized carbons (Fsp3) is 0.636. The first-order valence-electron chi connectivity index (χ1n) is 7.13. The number of thiol groups is 1. The molecule has 0 amide bonds. The molecule has 1 aliphatic rings. The van der Waals surface area contributed by atoms with Crippen LogP contribution >= 0.6 is 27.3 Å². The summed E-state index contributed by atoms with van der Waals surface area (Å²) in [6, 6.07) is 1.10. The van der Waals surface area contributed by atoms with Crippen LogP contribution in [0.1, 0.15) is 12.6 Å². The topological polar surface area (TPSA) is 169 Å². The van der Waals surface area contributed by atoms with Crippen molar-refractivity contribution in [2.75, 3.05) is 13.7 Å². The Bertz CT molecular complexity index is 807. The van der Waals surface area contributed by atoms with Crippen LogP contribution in [0.2, 0.25) is 0 Å². The van der Waals surface area contributed by atoms with Crippen LogP contribution in [0.15, 0.2) is 21.9 Å². The van der Waals surface area contributed by atoms with Gasteiger partial charge in [-0.25, -0.2) is 4.79 Å². The van der Waals surface area contributed by atoms with E-state index in [1.165, 1.54) is 13.3 Å². The van der Waals surface area contributed by atoms with Crippen molar-refractivity contribution in [1.82, 2.24) is 9.55 Å². The quantitative estimate of drug-likeness (QED) is 0.354. The van der Waals surface area contributed by atoms with Gasteiger partial charge in [-0.2, -0.15) is 0 Å². The molecule has 12 nitrogen and oxygen atoms in total. The summed E-state index contributed by atoms with van der Waals surface area (Å²) in [4.78, 5) is 44.6.